The summed E-state index contributed by atoms with van der Waals surface area (Å²) in [4.78, 5) is 12.4. The van der Waals surface area contributed by atoms with Crippen LogP contribution in [0.25, 0.3) is 0 Å². The summed E-state index contributed by atoms with van der Waals surface area (Å²) in [6.07, 6.45) is 3.44. The highest BCUT2D eigenvalue weighted by Crippen LogP contribution is 2.35. The molecule has 2 rings (SSSR count). The molecule has 1 N–H and O–H groups in total. The Balaban J connectivity index is 2.33. The fraction of sp³-hybridized carbons (Fsp3) is 0.533. The molecule has 0 amide bonds. The molecular formula is C15H20BrNO3. The lowest BCUT2D eigenvalue weighted by Crippen LogP contribution is -2.58. The Morgan fingerprint density at radius 1 is 1.40 bits per heavy atom. The van der Waals surface area contributed by atoms with E-state index in [9.17, 15) is 4.79 Å². The topological polar surface area (TPSA) is 47.6 Å². The fourth-order valence-electron chi connectivity index (χ4n) is 2.89. The Morgan fingerprint density at radius 3 is 2.85 bits per heavy atom. The van der Waals surface area contributed by atoms with Crippen molar-refractivity contribution in [1.82, 2.24) is 0 Å². The largest absolute Gasteiger partial charge is 0.467 e. The monoisotopic (exact) mass is 341 g/mol. The van der Waals surface area contributed by atoms with Gasteiger partial charge in [-0.25, -0.2) is 4.79 Å². The van der Waals surface area contributed by atoms with Crippen LogP contribution in [0.4, 0.5) is 5.69 Å². The van der Waals surface area contributed by atoms with Gasteiger partial charge in [0.1, 0.15) is 0 Å². The number of nitrogens with one attached hydrogen (secondary N) is 1. The predicted molar refractivity (Wildman–Crippen MR) is 81.8 cm³/mol. The summed E-state index contributed by atoms with van der Waals surface area (Å²) in [7, 11) is 3.07. The molecule has 110 valence electrons. The first-order valence-electron chi connectivity index (χ1n) is 6.77. The maximum atomic E-state index is 12.4. The number of halogens is 1. The minimum Gasteiger partial charge on any atom is -0.467 e. The number of methoxy groups -OCH3 is 2. The molecule has 2 unspecified atom stereocenters. The highest BCUT2D eigenvalue weighted by Gasteiger charge is 2.48. The van der Waals surface area contributed by atoms with Gasteiger partial charge in [-0.15, -0.1) is 0 Å². The van der Waals surface area contributed by atoms with Crippen LogP contribution in [0.15, 0.2) is 28.7 Å². The summed E-state index contributed by atoms with van der Waals surface area (Å²) < 4.78 is 11.6. The van der Waals surface area contributed by atoms with Gasteiger partial charge in [0.05, 0.1) is 13.2 Å². The van der Waals surface area contributed by atoms with Gasteiger partial charge in [-0.1, -0.05) is 34.8 Å². The minimum absolute atomic E-state index is 0.178. The SMILES string of the molecule is COC(=O)C1(Nc2cccc(Br)c2)CCCCC1OC. The van der Waals surface area contributed by atoms with Crippen molar-refractivity contribution < 1.29 is 14.3 Å². The Kier molecular flexibility index (Phi) is 5.05. The highest BCUT2D eigenvalue weighted by molar-refractivity contribution is 9.10. The molecule has 1 fully saturated rings. The minimum atomic E-state index is -0.803. The molecule has 1 aliphatic carbocycles. The van der Waals surface area contributed by atoms with Gasteiger partial charge in [0.15, 0.2) is 5.54 Å². The van der Waals surface area contributed by atoms with Gasteiger partial charge in [0, 0.05) is 17.3 Å². The molecule has 20 heavy (non-hydrogen) atoms. The summed E-state index contributed by atoms with van der Waals surface area (Å²) in [6, 6.07) is 7.77. The van der Waals surface area contributed by atoms with Crippen molar-refractivity contribution in [3.63, 3.8) is 0 Å². The third-order valence-corrected chi connectivity index (χ3v) is 4.36. The van der Waals surface area contributed by atoms with E-state index in [1.165, 1.54) is 7.11 Å². The second-order valence-electron chi connectivity index (χ2n) is 5.07. The molecule has 0 aromatic heterocycles. The Labute approximate surface area is 128 Å². The quantitative estimate of drug-likeness (QED) is 0.853. The van der Waals surface area contributed by atoms with Crippen LogP contribution >= 0.6 is 15.9 Å². The average Bonchev–Trinajstić information content (AvgIpc) is 2.46. The van der Waals surface area contributed by atoms with E-state index in [0.29, 0.717) is 6.42 Å². The molecule has 1 aromatic rings. The van der Waals surface area contributed by atoms with Crippen molar-refractivity contribution in [2.75, 3.05) is 19.5 Å². The van der Waals surface area contributed by atoms with Crippen LogP contribution in [0.5, 0.6) is 0 Å². The highest BCUT2D eigenvalue weighted by atomic mass is 79.9. The van der Waals surface area contributed by atoms with E-state index in [4.69, 9.17) is 9.47 Å². The van der Waals surface area contributed by atoms with Crippen molar-refractivity contribution >= 4 is 27.6 Å². The number of hydrogen-bond donors (Lipinski definition) is 1. The number of carbonyl (C=O) groups is 1. The molecule has 0 aliphatic heterocycles. The van der Waals surface area contributed by atoms with Crippen LogP contribution in [0, 0.1) is 0 Å². The number of rotatable bonds is 4. The van der Waals surface area contributed by atoms with Crippen LogP contribution in [0.3, 0.4) is 0 Å². The molecule has 4 nitrogen and oxygen atoms in total. The summed E-state index contributed by atoms with van der Waals surface area (Å²) in [5.74, 6) is -0.260. The third kappa shape index (κ3) is 2.99. The summed E-state index contributed by atoms with van der Waals surface area (Å²) in [5, 5.41) is 3.36. The van der Waals surface area contributed by atoms with Crippen LogP contribution < -0.4 is 5.32 Å². The Hall–Kier alpha value is -1.07. The van der Waals surface area contributed by atoms with Crippen molar-refractivity contribution in [2.24, 2.45) is 0 Å². The summed E-state index contributed by atoms with van der Waals surface area (Å²) in [6.45, 7) is 0. The Morgan fingerprint density at radius 2 is 2.20 bits per heavy atom. The lowest BCUT2D eigenvalue weighted by atomic mass is 9.78. The molecule has 0 bridgehead atoms. The normalized spacial score (nSPS) is 26.1. The van der Waals surface area contributed by atoms with Crippen LogP contribution in [-0.4, -0.2) is 31.8 Å². The predicted octanol–water partition coefficient (Wildman–Crippen LogP) is 3.36. The molecule has 1 aromatic carbocycles. The molecule has 0 spiro atoms. The van der Waals surface area contributed by atoms with Crippen molar-refractivity contribution in [1.29, 1.82) is 0 Å². The second kappa shape index (κ2) is 6.59. The summed E-state index contributed by atoms with van der Waals surface area (Å²) >= 11 is 3.44. The second-order valence-corrected chi connectivity index (χ2v) is 5.98. The van der Waals surface area contributed by atoms with E-state index in [2.05, 4.69) is 21.2 Å². The third-order valence-electron chi connectivity index (χ3n) is 3.86. The average molecular weight is 342 g/mol. The molecule has 0 heterocycles. The molecule has 1 aliphatic rings. The van der Waals surface area contributed by atoms with E-state index >= 15 is 0 Å². The van der Waals surface area contributed by atoms with Gasteiger partial charge in [-0.2, -0.15) is 0 Å². The molecule has 5 heteroatoms. The lowest BCUT2D eigenvalue weighted by Gasteiger charge is -2.41. The zero-order valence-corrected chi connectivity index (χ0v) is 13.4. The summed E-state index contributed by atoms with van der Waals surface area (Å²) in [5.41, 5.74) is 0.0800. The van der Waals surface area contributed by atoms with Gasteiger partial charge in [-0.05, 0) is 31.0 Å². The number of carbonyl (C=O) groups excluding carboxylic acids is 1. The fourth-order valence-corrected chi connectivity index (χ4v) is 3.29. The zero-order valence-electron chi connectivity index (χ0n) is 11.8. The van der Waals surface area contributed by atoms with Crippen LogP contribution in [0.1, 0.15) is 25.7 Å². The maximum Gasteiger partial charge on any atom is 0.334 e. The van der Waals surface area contributed by atoms with Crippen LogP contribution in [0.2, 0.25) is 0 Å². The first-order chi connectivity index (χ1) is 9.62. The lowest BCUT2D eigenvalue weighted by molar-refractivity contribution is -0.153. The van der Waals surface area contributed by atoms with Gasteiger partial charge in [-0.3, -0.25) is 0 Å². The first-order valence-corrected chi connectivity index (χ1v) is 7.56. The van der Waals surface area contributed by atoms with E-state index in [1.807, 2.05) is 24.3 Å². The van der Waals surface area contributed by atoms with E-state index in [-0.39, 0.29) is 12.1 Å². The number of benzene rings is 1. The number of anilines is 1. The first kappa shape index (κ1) is 15.3. The van der Waals surface area contributed by atoms with Gasteiger partial charge >= 0.3 is 5.97 Å². The van der Waals surface area contributed by atoms with E-state index in [0.717, 1.165) is 29.4 Å². The number of esters is 1. The number of ether oxygens (including phenoxy) is 2. The van der Waals surface area contributed by atoms with Gasteiger partial charge in [0.25, 0.3) is 0 Å². The van der Waals surface area contributed by atoms with Gasteiger partial charge in [0.2, 0.25) is 0 Å². The van der Waals surface area contributed by atoms with Crippen molar-refractivity contribution in [2.45, 2.75) is 37.3 Å². The Bertz CT molecular complexity index is 480. The van der Waals surface area contributed by atoms with E-state index < -0.39 is 5.54 Å². The van der Waals surface area contributed by atoms with E-state index in [1.54, 1.807) is 7.11 Å². The van der Waals surface area contributed by atoms with Crippen molar-refractivity contribution in [3.05, 3.63) is 28.7 Å². The molecule has 0 saturated heterocycles. The maximum absolute atomic E-state index is 12.4. The van der Waals surface area contributed by atoms with Gasteiger partial charge < -0.3 is 14.8 Å². The molecule has 1 saturated carbocycles. The van der Waals surface area contributed by atoms with Crippen molar-refractivity contribution in [3.8, 4) is 0 Å². The molecule has 0 radical (unpaired) electrons. The standard InChI is InChI=1S/C15H20BrNO3/c1-19-13-8-3-4-9-15(13,14(18)20-2)17-12-7-5-6-11(16)10-12/h5-7,10,13,17H,3-4,8-9H2,1-2H3. The van der Waals surface area contributed by atoms with Crippen LogP contribution in [-0.2, 0) is 14.3 Å². The molecular weight excluding hydrogens is 322 g/mol. The number of hydrogen-bond acceptors (Lipinski definition) is 4. The molecule has 2 atom stereocenters. The smallest absolute Gasteiger partial charge is 0.334 e. The zero-order chi connectivity index (χ0) is 14.6.